The first-order chi connectivity index (χ1) is 16.8. The van der Waals surface area contributed by atoms with Crippen molar-refractivity contribution in [3.8, 4) is 0 Å². The van der Waals surface area contributed by atoms with Crippen LogP contribution in [0.5, 0.6) is 0 Å². The Bertz CT molecular complexity index is 1200. The van der Waals surface area contributed by atoms with Gasteiger partial charge in [0.25, 0.3) is 11.8 Å². The van der Waals surface area contributed by atoms with Gasteiger partial charge < -0.3 is 10.2 Å². The summed E-state index contributed by atoms with van der Waals surface area (Å²) in [5, 5.41) is 13.4. The smallest absolute Gasteiger partial charge is 0.276 e. The van der Waals surface area contributed by atoms with Gasteiger partial charge in [-0.1, -0.05) is 26.8 Å². The molecular weight excluding hydrogens is 480 g/mol. The first kappa shape index (κ1) is 25.1. The van der Waals surface area contributed by atoms with E-state index in [1.807, 2.05) is 17.0 Å². The number of thioether (sulfide) groups is 1. The summed E-state index contributed by atoms with van der Waals surface area (Å²) in [6, 6.07) is 5.48. The van der Waals surface area contributed by atoms with Gasteiger partial charge in [-0.15, -0.1) is 29.7 Å². The lowest BCUT2D eigenvalue weighted by molar-refractivity contribution is 0.0708. The minimum absolute atomic E-state index is 0.0101. The molecule has 3 aromatic rings. The number of aromatic amines is 1. The predicted octanol–water partition coefficient (Wildman–Crippen LogP) is 5.11. The largest absolute Gasteiger partial charge is 0.339 e. The summed E-state index contributed by atoms with van der Waals surface area (Å²) >= 11 is 3.01. The number of piperidine rings is 1. The predicted molar refractivity (Wildman–Crippen MR) is 140 cm³/mol. The van der Waals surface area contributed by atoms with Gasteiger partial charge in [0.2, 0.25) is 0 Å². The second-order valence-corrected chi connectivity index (χ2v) is 11.4. The molecule has 4 heterocycles. The number of H-pyrrole nitrogens is 1. The number of anilines is 1. The first-order valence-electron chi connectivity index (χ1n) is 11.6. The van der Waals surface area contributed by atoms with E-state index in [-0.39, 0.29) is 23.1 Å². The van der Waals surface area contributed by atoms with E-state index in [9.17, 15) is 9.59 Å². The van der Waals surface area contributed by atoms with E-state index in [1.165, 1.54) is 23.1 Å². The summed E-state index contributed by atoms with van der Waals surface area (Å²) in [4.78, 5) is 36.7. The zero-order valence-electron chi connectivity index (χ0n) is 20.2. The number of rotatable bonds is 7. The summed E-state index contributed by atoms with van der Waals surface area (Å²) in [6.07, 6.45) is 5.13. The molecule has 35 heavy (non-hydrogen) atoms. The van der Waals surface area contributed by atoms with Crippen LogP contribution in [0.25, 0.3) is 0 Å². The van der Waals surface area contributed by atoms with Gasteiger partial charge in [-0.05, 0) is 25.0 Å². The minimum Gasteiger partial charge on any atom is -0.339 e. The summed E-state index contributed by atoms with van der Waals surface area (Å²) in [5.41, 5.74) is 1.90. The lowest BCUT2D eigenvalue weighted by Gasteiger charge is -2.31. The molecule has 184 valence electrons. The van der Waals surface area contributed by atoms with Crippen molar-refractivity contribution < 1.29 is 9.59 Å². The molecule has 3 aromatic heterocycles. The molecule has 0 atom stereocenters. The van der Waals surface area contributed by atoms with Gasteiger partial charge >= 0.3 is 0 Å². The van der Waals surface area contributed by atoms with Crippen LogP contribution in [0.3, 0.4) is 0 Å². The molecule has 1 aliphatic heterocycles. The molecule has 0 radical (unpaired) electrons. The monoisotopic (exact) mass is 510 g/mol. The molecule has 0 spiro atoms. The topological polar surface area (TPSA) is 104 Å². The fraction of sp³-hybridized carbons (Fsp3) is 0.400. The van der Waals surface area contributed by atoms with Crippen molar-refractivity contribution in [1.82, 2.24) is 25.1 Å². The molecule has 10 heteroatoms. The van der Waals surface area contributed by atoms with Crippen molar-refractivity contribution in [3.63, 3.8) is 0 Å². The molecule has 1 fully saturated rings. The highest BCUT2D eigenvalue weighted by atomic mass is 32.2. The maximum atomic E-state index is 13.1. The molecule has 2 amide bonds. The molecular formula is C25H30N6O2S2. The highest BCUT2D eigenvalue weighted by Crippen LogP contribution is 2.32. The van der Waals surface area contributed by atoms with Gasteiger partial charge in [-0.25, -0.2) is 9.97 Å². The standard InChI is InChI=1S/C25H30N6O2S2/c1-5-13-34-23-17(7-6-10-26-23)24(33)31-11-8-16(9-12-31)22-27-18(15-35-22)21(32)28-20-14-19(29-30-20)25(2,3)4/h5-7,10,14-16H,1,8-9,11-13H2,2-4H3,(H2,28,29,30,32). The van der Waals surface area contributed by atoms with E-state index in [0.29, 0.717) is 35.9 Å². The van der Waals surface area contributed by atoms with Gasteiger partial charge in [0, 0.05) is 53.5 Å². The second-order valence-electron chi connectivity index (χ2n) is 9.46. The molecule has 0 aliphatic carbocycles. The second kappa shape index (κ2) is 10.7. The third-order valence-electron chi connectivity index (χ3n) is 5.85. The van der Waals surface area contributed by atoms with Gasteiger partial charge in [-0.2, -0.15) is 5.10 Å². The highest BCUT2D eigenvalue weighted by molar-refractivity contribution is 7.99. The third-order valence-corrected chi connectivity index (χ3v) is 7.86. The molecule has 1 aliphatic rings. The molecule has 1 saturated heterocycles. The zero-order chi connectivity index (χ0) is 25.0. The number of nitrogens with one attached hydrogen (secondary N) is 2. The average molecular weight is 511 g/mol. The molecule has 2 N–H and O–H groups in total. The molecule has 0 bridgehead atoms. The Morgan fingerprint density at radius 3 is 2.80 bits per heavy atom. The third kappa shape index (κ3) is 5.99. The molecule has 0 unspecified atom stereocenters. The summed E-state index contributed by atoms with van der Waals surface area (Å²) in [5.74, 6) is 1.16. The number of carbonyl (C=O) groups excluding carboxylic acids is 2. The summed E-state index contributed by atoms with van der Waals surface area (Å²) < 4.78 is 0. The highest BCUT2D eigenvalue weighted by Gasteiger charge is 2.28. The summed E-state index contributed by atoms with van der Waals surface area (Å²) in [6.45, 7) is 11.3. The number of hydrogen-bond acceptors (Lipinski definition) is 7. The van der Waals surface area contributed by atoms with Crippen molar-refractivity contribution in [3.05, 3.63) is 64.4 Å². The van der Waals surface area contributed by atoms with Crippen molar-refractivity contribution >= 4 is 40.7 Å². The SMILES string of the molecule is C=CCSc1ncccc1C(=O)N1CCC(c2nc(C(=O)Nc3cc(C(C)(C)C)[nH]n3)cs2)CC1. The van der Waals surface area contributed by atoms with Crippen LogP contribution in [0, 0.1) is 0 Å². The van der Waals surface area contributed by atoms with E-state index in [2.05, 4.69) is 52.8 Å². The number of hydrogen-bond donors (Lipinski definition) is 2. The van der Waals surface area contributed by atoms with E-state index in [4.69, 9.17) is 0 Å². The molecule has 8 nitrogen and oxygen atoms in total. The van der Waals surface area contributed by atoms with Crippen molar-refractivity contribution in [2.24, 2.45) is 0 Å². The number of carbonyl (C=O) groups is 2. The average Bonchev–Trinajstić information content (AvgIpc) is 3.53. The van der Waals surface area contributed by atoms with Gasteiger partial charge in [0.05, 0.1) is 10.6 Å². The van der Waals surface area contributed by atoms with Gasteiger partial charge in [-0.3, -0.25) is 14.7 Å². The molecule has 0 aromatic carbocycles. The maximum absolute atomic E-state index is 13.1. The number of nitrogens with zero attached hydrogens (tertiary/aromatic N) is 4. The van der Waals surface area contributed by atoms with Crippen molar-refractivity contribution in [2.75, 3.05) is 24.2 Å². The number of aromatic nitrogens is 4. The van der Waals surface area contributed by atoms with Crippen LogP contribution in [0.1, 0.15) is 71.1 Å². The normalized spacial score (nSPS) is 14.7. The van der Waals surface area contributed by atoms with Crippen LogP contribution in [0.15, 0.2) is 47.5 Å². The Morgan fingerprint density at radius 1 is 1.34 bits per heavy atom. The van der Waals surface area contributed by atoms with Gasteiger partial charge in [0.1, 0.15) is 10.7 Å². The lowest BCUT2D eigenvalue weighted by atomic mass is 9.92. The van der Waals surface area contributed by atoms with E-state index >= 15 is 0 Å². The Labute approximate surface area is 213 Å². The van der Waals surface area contributed by atoms with Gasteiger partial charge in [0.15, 0.2) is 5.82 Å². The minimum atomic E-state index is -0.270. The van der Waals surface area contributed by atoms with Crippen molar-refractivity contribution in [1.29, 1.82) is 0 Å². The van der Waals surface area contributed by atoms with Crippen LogP contribution in [0.2, 0.25) is 0 Å². The first-order valence-corrected chi connectivity index (χ1v) is 13.4. The van der Waals surface area contributed by atoms with Crippen molar-refractivity contribution in [2.45, 2.75) is 50.0 Å². The lowest BCUT2D eigenvalue weighted by Crippen LogP contribution is -2.38. The maximum Gasteiger partial charge on any atom is 0.276 e. The quantitative estimate of drug-likeness (QED) is 0.338. The van der Waals surface area contributed by atoms with Crippen LogP contribution < -0.4 is 5.32 Å². The van der Waals surface area contributed by atoms with E-state index in [1.54, 1.807) is 23.7 Å². The zero-order valence-corrected chi connectivity index (χ0v) is 21.8. The Morgan fingerprint density at radius 2 is 2.11 bits per heavy atom. The van der Waals surface area contributed by atoms with Crippen LogP contribution in [0.4, 0.5) is 5.82 Å². The summed E-state index contributed by atoms with van der Waals surface area (Å²) in [7, 11) is 0. The molecule has 4 rings (SSSR count). The fourth-order valence-corrected chi connectivity index (χ4v) is 5.53. The Kier molecular flexibility index (Phi) is 7.71. The number of pyridine rings is 1. The van der Waals surface area contributed by atoms with Crippen LogP contribution >= 0.6 is 23.1 Å². The number of amides is 2. The Hall–Kier alpha value is -2.98. The van der Waals surface area contributed by atoms with E-state index in [0.717, 1.165) is 28.6 Å². The van der Waals surface area contributed by atoms with E-state index < -0.39 is 0 Å². The van der Waals surface area contributed by atoms with Crippen LogP contribution in [-0.4, -0.2) is 55.7 Å². The number of likely N-dealkylation sites (tertiary alicyclic amines) is 1. The fourth-order valence-electron chi connectivity index (χ4n) is 3.84. The number of thiazole rings is 1. The van der Waals surface area contributed by atoms with Crippen LogP contribution in [-0.2, 0) is 5.41 Å². The Balaban J connectivity index is 1.35. The molecule has 0 saturated carbocycles.